The lowest BCUT2D eigenvalue weighted by Crippen LogP contribution is -2.08. The third-order valence-corrected chi connectivity index (χ3v) is 3.15. The highest BCUT2D eigenvalue weighted by molar-refractivity contribution is 5.82. The number of aliphatic hydroxyl groups excluding tert-OH is 1. The van der Waals surface area contributed by atoms with Gasteiger partial charge in [0.1, 0.15) is 11.5 Å². The van der Waals surface area contributed by atoms with Crippen molar-refractivity contribution in [3.05, 3.63) is 48.2 Å². The van der Waals surface area contributed by atoms with E-state index in [1.165, 1.54) is 0 Å². The molecule has 0 aliphatic rings. The first-order valence-corrected chi connectivity index (χ1v) is 5.75. The number of benzene rings is 1. The Morgan fingerprint density at radius 1 is 1.22 bits per heavy atom. The van der Waals surface area contributed by atoms with Crippen LogP contribution in [-0.2, 0) is 14.1 Å². The molecule has 1 unspecified atom stereocenters. The highest BCUT2D eigenvalue weighted by atomic mass is 16.3. The highest BCUT2D eigenvalue weighted by Crippen LogP contribution is 2.26. The van der Waals surface area contributed by atoms with E-state index in [9.17, 15) is 5.11 Å². The molecule has 0 saturated heterocycles. The second kappa shape index (κ2) is 3.96. The number of hydrogen-bond acceptors (Lipinski definition) is 3. The zero-order valence-electron chi connectivity index (χ0n) is 10.3. The van der Waals surface area contributed by atoms with Crippen LogP contribution in [0.1, 0.15) is 17.6 Å². The van der Waals surface area contributed by atoms with Crippen LogP contribution in [0.25, 0.3) is 10.9 Å². The number of nitrogens with zero attached hydrogens (tertiary/aromatic N) is 4. The van der Waals surface area contributed by atoms with E-state index in [-0.39, 0.29) is 0 Å². The lowest BCUT2D eigenvalue weighted by molar-refractivity contribution is 0.202. The molecule has 1 aromatic carbocycles. The number of aryl methyl sites for hydroxylation is 2. The molecule has 1 N–H and O–H groups in total. The summed E-state index contributed by atoms with van der Waals surface area (Å²) in [5.74, 6) is 0.596. The molecule has 0 aliphatic carbocycles. The first kappa shape index (κ1) is 11.0. The molecule has 2 aromatic heterocycles. The number of aliphatic hydroxyl groups is 1. The van der Waals surface area contributed by atoms with Crippen molar-refractivity contribution >= 4 is 10.9 Å². The van der Waals surface area contributed by atoms with Crippen LogP contribution < -0.4 is 0 Å². The van der Waals surface area contributed by atoms with Crippen LogP contribution in [0, 0.1) is 0 Å². The molecule has 2 heterocycles. The minimum atomic E-state index is -0.809. The molecule has 0 bridgehead atoms. The van der Waals surface area contributed by atoms with Gasteiger partial charge in [0.25, 0.3) is 0 Å². The smallest absolute Gasteiger partial charge is 0.156 e. The van der Waals surface area contributed by atoms with Gasteiger partial charge in [0.05, 0.1) is 5.52 Å². The number of aromatic nitrogens is 4. The largest absolute Gasteiger partial charge is 0.379 e. The normalized spacial score (nSPS) is 13.1. The minimum absolute atomic E-state index is 0.596. The molecule has 3 aromatic rings. The van der Waals surface area contributed by atoms with E-state index in [4.69, 9.17) is 0 Å². The fourth-order valence-electron chi connectivity index (χ4n) is 2.21. The Morgan fingerprint density at radius 3 is 2.72 bits per heavy atom. The lowest BCUT2D eigenvalue weighted by Gasteiger charge is -2.08. The SMILES string of the molecule is Cn1ccnc1C(O)c1nn(C)c2ccccc12. The van der Waals surface area contributed by atoms with E-state index < -0.39 is 6.10 Å². The average molecular weight is 242 g/mol. The van der Waals surface area contributed by atoms with Gasteiger partial charge in [-0.25, -0.2) is 4.98 Å². The molecule has 5 heteroatoms. The summed E-state index contributed by atoms with van der Waals surface area (Å²) in [7, 11) is 3.73. The number of imidazole rings is 1. The first-order valence-electron chi connectivity index (χ1n) is 5.75. The summed E-state index contributed by atoms with van der Waals surface area (Å²) >= 11 is 0. The van der Waals surface area contributed by atoms with Gasteiger partial charge in [-0.2, -0.15) is 5.10 Å². The molecule has 0 amide bonds. The van der Waals surface area contributed by atoms with Crippen molar-refractivity contribution in [1.82, 2.24) is 19.3 Å². The molecule has 92 valence electrons. The van der Waals surface area contributed by atoms with Crippen molar-refractivity contribution in [3.63, 3.8) is 0 Å². The number of rotatable bonds is 2. The van der Waals surface area contributed by atoms with Gasteiger partial charge in [-0.3, -0.25) is 4.68 Å². The Labute approximate surface area is 104 Å². The first-order chi connectivity index (χ1) is 8.68. The third-order valence-electron chi connectivity index (χ3n) is 3.15. The second-order valence-electron chi connectivity index (χ2n) is 4.32. The van der Waals surface area contributed by atoms with Crippen molar-refractivity contribution in [2.75, 3.05) is 0 Å². The molecule has 1 atom stereocenters. The quantitative estimate of drug-likeness (QED) is 0.738. The summed E-state index contributed by atoms with van der Waals surface area (Å²) in [5.41, 5.74) is 1.64. The van der Waals surface area contributed by atoms with E-state index >= 15 is 0 Å². The Balaban J connectivity index is 2.18. The van der Waals surface area contributed by atoms with Crippen LogP contribution in [0.2, 0.25) is 0 Å². The minimum Gasteiger partial charge on any atom is -0.379 e. The summed E-state index contributed by atoms with van der Waals surface area (Å²) in [6, 6.07) is 7.85. The molecule has 0 aliphatic heterocycles. The number of fused-ring (bicyclic) bond motifs is 1. The van der Waals surface area contributed by atoms with Crippen molar-refractivity contribution < 1.29 is 5.11 Å². The molecule has 0 fully saturated rings. The van der Waals surface area contributed by atoms with E-state index in [1.54, 1.807) is 15.4 Å². The van der Waals surface area contributed by atoms with Gasteiger partial charge in [-0.1, -0.05) is 18.2 Å². The predicted molar refractivity (Wildman–Crippen MR) is 68.0 cm³/mol. The molecule has 5 nitrogen and oxygen atoms in total. The number of para-hydroxylation sites is 1. The monoisotopic (exact) mass is 242 g/mol. The van der Waals surface area contributed by atoms with Crippen molar-refractivity contribution in [2.24, 2.45) is 14.1 Å². The van der Waals surface area contributed by atoms with Gasteiger partial charge in [0, 0.05) is 31.9 Å². The average Bonchev–Trinajstić information content (AvgIpc) is 2.94. The van der Waals surface area contributed by atoms with Crippen molar-refractivity contribution in [3.8, 4) is 0 Å². The van der Waals surface area contributed by atoms with Gasteiger partial charge in [-0.05, 0) is 6.07 Å². The Kier molecular flexibility index (Phi) is 2.41. The van der Waals surface area contributed by atoms with Crippen molar-refractivity contribution in [1.29, 1.82) is 0 Å². The van der Waals surface area contributed by atoms with Crippen LogP contribution in [0.4, 0.5) is 0 Å². The lowest BCUT2D eigenvalue weighted by atomic mass is 10.1. The van der Waals surface area contributed by atoms with E-state index in [0.717, 1.165) is 10.9 Å². The molecule has 18 heavy (non-hydrogen) atoms. The van der Waals surface area contributed by atoms with Crippen LogP contribution in [-0.4, -0.2) is 24.4 Å². The fourth-order valence-corrected chi connectivity index (χ4v) is 2.21. The molecule has 0 saturated carbocycles. The van der Waals surface area contributed by atoms with Crippen LogP contribution in [0.15, 0.2) is 36.7 Å². The van der Waals surface area contributed by atoms with Gasteiger partial charge < -0.3 is 9.67 Å². The summed E-state index contributed by atoms with van der Waals surface area (Å²) in [5, 5.41) is 15.8. The topological polar surface area (TPSA) is 55.9 Å². The molecular weight excluding hydrogens is 228 g/mol. The third kappa shape index (κ3) is 1.52. The number of hydrogen-bond donors (Lipinski definition) is 1. The van der Waals surface area contributed by atoms with E-state index in [0.29, 0.717) is 11.5 Å². The zero-order chi connectivity index (χ0) is 12.7. The Hall–Kier alpha value is -2.14. The van der Waals surface area contributed by atoms with Crippen molar-refractivity contribution in [2.45, 2.75) is 6.10 Å². The summed E-state index contributed by atoms with van der Waals surface area (Å²) in [4.78, 5) is 4.17. The zero-order valence-corrected chi connectivity index (χ0v) is 10.3. The van der Waals surface area contributed by atoms with Gasteiger partial charge in [0.15, 0.2) is 6.10 Å². The van der Waals surface area contributed by atoms with Gasteiger partial charge >= 0.3 is 0 Å². The van der Waals surface area contributed by atoms with Gasteiger partial charge in [-0.15, -0.1) is 0 Å². The Morgan fingerprint density at radius 2 is 2.00 bits per heavy atom. The molecule has 0 radical (unpaired) electrons. The maximum Gasteiger partial charge on any atom is 0.156 e. The molecular formula is C13H14N4O. The fraction of sp³-hybridized carbons (Fsp3) is 0.231. The maximum absolute atomic E-state index is 10.4. The predicted octanol–water partition coefficient (Wildman–Crippen LogP) is 1.39. The van der Waals surface area contributed by atoms with Gasteiger partial charge in [0.2, 0.25) is 0 Å². The van der Waals surface area contributed by atoms with Crippen LogP contribution >= 0.6 is 0 Å². The maximum atomic E-state index is 10.4. The summed E-state index contributed by atoms with van der Waals surface area (Å²) in [6.07, 6.45) is 2.67. The Bertz CT molecular complexity index is 698. The second-order valence-corrected chi connectivity index (χ2v) is 4.32. The molecule has 0 spiro atoms. The van der Waals surface area contributed by atoms with E-state index in [2.05, 4.69) is 10.1 Å². The van der Waals surface area contributed by atoms with E-state index in [1.807, 2.05) is 44.6 Å². The highest BCUT2D eigenvalue weighted by Gasteiger charge is 2.21. The van der Waals surface area contributed by atoms with Crippen LogP contribution in [0.3, 0.4) is 0 Å². The standard InChI is InChI=1S/C13H14N4O/c1-16-8-7-14-13(16)12(18)11-9-5-3-4-6-10(9)17(2)15-11/h3-8,12,18H,1-2H3. The van der Waals surface area contributed by atoms with Crippen LogP contribution in [0.5, 0.6) is 0 Å². The summed E-state index contributed by atoms with van der Waals surface area (Å²) in [6.45, 7) is 0. The summed E-state index contributed by atoms with van der Waals surface area (Å²) < 4.78 is 3.57. The molecule has 3 rings (SSSR count).